The van der Waals surface area contributed by atoms with E-state index in [0.717, 1.165) is 28.9 Å². The van der Waals surface area contributed by atoms with Crippen molar-refractivity contribution >= 4 is 11.9 Å². The van der Waals surface area contributed by atoms with Gasteiger partial charge in [0, 0.05) is 6.04 Å². The molecule has 0 aromatic heterocycles. The van der Waals surface area contributed by atoms with Crippen LogP contribution in [0.2, 0.25) is 0 Å². The van der Waals surface area contributed by atoms with Crippen molar-refractivity contribution in [2.24, 2.45) is 23.2 Å². The lowest BCUT2D eigenvalue weighted by atomic mass is 9.48. The number of aryl methyl sites for hydroxylation is 2. The molecule has 0 unspecified atom stereocenters. The molecule has 4 aliphatic carbocycles. The summed E-state index contributed by atoms with van der Waals surface area (Å²) < 4.78 is 5.28. The molecule has 4 saturated carbocycles. The van der Waals surface area contributed by atoms with Crippen LogP contribution < -0.4 is 5.32 Å². The summed E-state index contributed by atoms with van der Waals surface area (Å²) in [6, 6.07) is 5.76. The molecule has 4 bridgehead atoms. The maximum atomic E-state index is 12.4. The van der Waals surface area contributed by atoms with Crippen LogP contribution in [-0.4, -0.2) is 24.5 Å². The van der Waals surface area contributed by atoms with Gasteiger partial charge in [-0.15, -0.1) is 0 Å². The molecule has 5 rings (SSSR count). The smallest absolute Gasteiger partial charge is 0.338 e. The van der Waals surface area contributed by atoms with Crippen molar-refractivity contribution in [3.8, 4) is 0 Å². The third-order valence-electron chi connectivity index (χ3n) is 7.32. The van der Waals surface area contributed by atoms with E-state index in [1.54, 1.807) is 6.07 Å². The quantitative estimate of drug-likeness (QED) is 0.792. The number of amides is 1. The molecule has 1 aromatic rings. The predicted molar refractivity (Wildman–Crippen MR) is 104 cm³/mol. The highest BCUT2D eigenvalue weighted by atomic mass is 16.5. The molecule has 27 heavy (non-hydrogen) atoms. The molecule has 0 heterocycles. The van der Waals surface area contributed by atoms with Gasteiger partial charge >= 0.3 is 5.97 Å². The van der Waals surface area contributed by atoms with Crippen LogP contribution in [0.25, 0.3) is 0 Å². The first-order chi connectivity index (χ1) is 12.8. The average Bonchev–Trinajstić information content (AvgIpc) is 2.58. The van der Waals surface area contributed by atoms with Gasteiger partial charge in [-0.3, -0.25) is 4.79 Å². The number of carbonyl (C=O) groups is 2. The third-order valence-corrected chi connectivity index (χ3v) is 7.32. The second-order valence-corrected chi connectivity index (χ2v) is 9.46. The molecule has 0 saturated heterocycles. The standard InChI is InChI=1S/C23H31NO3/c1-14-4-5-20(15(2)6-14)22(26)27-13-21(25)24-16(3)23-10-17-7-18(11-23)9-19(8-17)12-23/h4-6,16-19H,7-13H2,1-3H3,(H,24,25)/t16-,17?,18?,19?,23?/m0/s1. The van der Waals surface area contributed by atoms with Gasteiger partial charge in [-0.25, -0.2) is 4.79 Å². The third kappa shape index (κ3) is 3.63. The fraction of sp³-hybridized carbons (Fsp3) is 0.652. The fourth-order valence-corrected chi connectivity index (χ4v) is 6.40. The summed E-state index contributed by atoms with van der Waals surface area (Å²) in [6.07, 6.45) is 7.95. The Morgan fingerprint density at radius 2 is 1.70 bits per heavy atom. The molecule has 0 aliphatic heterocycles. The van der Waals surface area contributed by atoms with Gasteiger partial charge in [0.2, 0.25) is 0 Å². The number of hydrogen-bond donors (Lipinski definition) is 1. The summed E-state index contributed by atoms with van der Waals surface area (Å²) in [5, 5.41) is 3.15. The lowest BCUT2D eigenvalue weighted by molar-refractivity contribution is -0.128. The van der Waals surface area contributed by atoms with Gasteiger partial charge in [0.05, 0.1) is 5.56 Å². The second kappa shape index (κ2) is 6.96. The zero-order valence-corrected chi connectivity index (χ0v) is 16.7. The topological polar surface area (TPSA) is 55.4 Å². The Kier molecular flexibility index (Phi) is 4.77. The van der Waals surface area contributed by atoms with Crippen LogP contribution in [0, 0.1) is 37.0 Å². The molecular weight excluding hydrogens is 338 g/mol. The van der Waals surface area contributed by atoms with Gasteiger partial charge < -0.3 is 10.1 Å². The van der Waals surface area contributed by atoms with Crippen LogP contribution in [0.4, 0.5) is 0 Å². The Hall–Kier alpha value is -1.84. The molecule has 4 heteroatoms. The maximum Gasteiger partial charge on any atom is 0.338 e. The van der Waals surface area contributed by atoms with E-state index in [9.17, 15) is 9.59 Å². The summed E-state index contributed by atoms with van der Waals surface area (Å²) in [5.41, 5.74) is 2.78. The van der Waals surface area contributed by atoms with Crippen molar-refractivity contribution in [3.63, 3.8) is 0 Å². The Bertz CT molecular complexity index is 719. The molecule has 0 spiro atoms. The van der Waals surface area contributed by atoms with Crippen LogP contribution >= 0.6 is 0 Å². The molecule has 4 nitrogen and oxygen atoms in total. The van der Waals surface area contributed by atoms with E-state index in [-0.39, 0.29) is 24.0 Å². The number of carbonyl (C=O) groups excluding carboxylic acids is 2. The number of hydrogen-bond acceptors (Lipinski definition) is 3. The fourth-order valence-electron chi connectivity index (χ4n) is 6.40. The first-order valence-corrected chi connectivity index (χ1v) is 10.4. The molecule has 4 fully saturated rings. The van der Waals surface area contributed by atoms with Gasteiger partial charge in [0.25, 0.3) is 5.91 Å². The Morgan fingerprint density at radius 1 is 1.11 bits per heavy atom. The molecule has 1 N–H and O–H groups in total. The maximum absolute atomic E-state index is 12.4. The lowest BCUT2D eigenvalue weighted by Crippen LogP contribution is -2.56. The Morgan fingerprint density at radius 3 is 2.26 bits per heavy atom. The van der Waals surface area contributed by atoms with Crippen LogP contribution in [0.3, 0.4) is 0 Å². The van der Waals surface area contributed by atoms with E-state index in [0.29, 0.717) is 5.56 Å². The molecule has 1 aromatic carbocycles. The minimum Gasteiger partial charge on any atom is -0.452 e. The number of ether oxygens (including phenoxy) is 1. The number of nitrogens with one attached hydrogen (secondary N) is 1. The van der Waals surface area contributed by atoms with Gasteiger partial charge in [-0.1, -0.05) is 17.7 Å². The normalized spacial score (nSPS) is 32.2. The van der Waals surface area contributed by atoms with E-state index in [1.165, 1.54) is 38.5 Å². The van der Waals surface area contributed by atoms with Crippen molar-refractivity contribution in [1.82, 2.24) is 5.32 Å². The highest BCUT2D eigenvalue weighted by Crippen LogP contribution is 2.61. The molecule has 4 aliphatic rings. The monoisotopic (exact) mass is 369 g/mol. The zero-order chi connectivity index (χ0) is 19.2. The van der Waals surface area contributed by atoms with E-state index >= 15 is 0 Å². The van der Waals surface area contributed by atoms with Crippen molar-refractivity contribution < 1.29 is 14.3 Å². The van der Waals surface area contributed by atoms with Crippen molar-refractivity contribution in [2.75, 3.05) is 6.61 Å². The van der Waals surface area contributed by atoms with E-state index in [2.05, 4.69) is 12.2 Å². The minimum atomic E-state index is -0.426. The lowest BCUT2D eigenvalue weighted by Gasteiger charge is -2.59. The van der Waals surface area contributed by atoms with Gasteiger partial charge in [0.15, 0.2) is 6.61 Å². The minimum absolute atomic E-state index is 0.151. The van der Waals surface area contributed by atoms with Crippen LogP contribution in [-0.2, 0) is 9.53 Å². The number of rotatable bonds is 5. The van der Waals surface area contributed by atoms with Crippen molar-refractivity contribution in [1.29, 1.82) is 0 Å². The molecule has 146 valence electrons. The summed E-state index contributed by atoms with van der Waals surface area (Å²) in [7, 11) is 0. The molecule has 0 radical (unpaired) electrons. The van der Waals surface area contributed by atoms with E-state index in [4.69, 9.17) is 4.74 Å². The van der Waals surface area contributed by atoms with Crippen LogP contribution in [0.15, 0.2) is 18.2 Å². The SMILES string of the molecule is Cc1ccc(C(=O)OCC(=O)N[C@@H](C)C23CC4CC(CC(C4)C2)C3)c(C)c1. The summed E-state index contributed by atoms with van der Waals surface area (Å²) >= 11 is 0. The number of benzene rings is 1. The zero-order valence-electron chi connectivity index (χ0n) is 16.7. The summed E-state index contributed by atoms with van der Waals surface area (Å²) in [5.74, 6) is 1.97. The van der Waals surface area contributed by atoms with Crippen molar-refractivity contribution in [2.45, 2.75) is 65.3 Å². The molecule has 1 amide bonds. The predicted octanol–water partition coefficient (Wildman–Crippen LogP) is 4.18. The van der Waals surface area contributed by atoms with E-state index in [1.807, 2.05) is 26.0 Å². The molecular formula is C23H31NO3. The second-order valence-electron chi connectivity index (χ2n) is 9.46. The first kappa shape index (κ1) is 18.5. The first-order valence-electron chi connectivity index (χ1n) is 10.4. The Labute approximate surface area is 162 Å². The summed E-state index contributed by atoms with van der Waals surface area (Å²) in [4.78, 5) is 24.7. The highest BCUT2D eigenvalue weighted by molar-refractivity contribution is 5.92. The van der Waals surface area contributed by atoms with Crippen LogP contribution in [0.1, 0.15) is 66.9 Å². The highest BCUT2D eigenvalue weighted by Gasteiger charge is 2.53. The van der Waals surface area contributed by atoms with E-state index < -0.39 is 5.97 Å². The van der Waals surface area contributed by atoms with Crippen LogP contribution in [0.5, 0.6) is 0 Å². The molecule has 1 atom stereocenters. The Balaban J connectivity index is 1.32. The summed E-state index contributed by atoms with van der Waals surface area (Å²) in [6.45, 7) is 5.82. The van der Waals surface area contributed by atoms with Gasteiger partial charge in [-0.2, -0.15) is 0 Å². The number of esters is 1. The van der Waals surface area contributed by atoms with Crippen molar-refractivity contribution in [3.05, 3.63) is 34.9 Å². The van der Waals surface area contributed by atoms with Gasteiger partial charge in [-0.05, 0) is 94.1 Å². The average molecular weight is 370 g/mol. The van der Waals surface area contributed by atoms with Gasteiger partial charge in [0.1, 0.15) is 0 Å². The largest absolute Gasteiger partial charge is 0.452 e.